The van der Waals surface area contributed by atoms with Crippen molar-refractivity contribution in [2.24, 2.45) is 0 Å². The molecule has 0 amide bonds. The number of nitrogens with zero attached hydrogens (tertiary/aromatic N) is 2. The highest BCUT2D eigenvalue weighted by atomic mass is 35.5. The van der Waals surface area contributed by atoms with Gasteiger partial charge in [0, 0.05) is 19.3 Å². The number of fused-ring (bicyclic) bond motifs is 1. The topological polar surface area (TPSA) is 84.9 Å². The van der Waals surface area contributed by atoms with Crippen molar-refractivity contribution in [2.75, 3.05) is 43.2 Å². The van der Waals surface area contributed by atoms with Crippen LogP contribution in [0.15, 0.2) is 50.9 Å². The van der Waals surface area contributed by atoms with Crippen LogP contribution in [0.1, 0.15) is 18.0 Å². The van der Waals surface area contributed by atoms with E-state index in [1.165, 1.54) is 11.9 Å². The SMILES string of the molecule is CN(C)Sc1c(Cl)ccc(Nc2c(NC3CCN(C)c4ccccc43)c(=O)c2=O)c1O. The van der Waals surface area contributed by atoms with Crippen molar-refractivity contribution in [2.45, 2.75) is 17.4 Å². The lowest BCUT2D eigenvalue weighted by Crippen LogP contribution is -2.39. The van der Waals surface area contributed by atoms with Gasteiger partial charge in [-0.05, 0) is 56.2 Å². The molecule has 1 atom stereocenters. The number of benzene rings is 2. The number of para-hydroxylation sites is 1. The Hall–Kier alpha value is -2.68. The predicted octanol–water partition coefficient (Wildman–Crippen LogP) is 3.95. The van der Waals surface area contributed by atoms with E-state index in [0.717, 1.165) is 24.2 Å². The summed E-state index contributed by atoms with van der Waals surface area (Å²) in [6, 6.07) is 11.1. The van der Waals surface area contributed by atoms with Gasteiger partial charge in [0.15, 0.2) is 5.75 Å². The minimum atomic E-state index is -0.611. The van der Waals surface area contributed by atoms with E-state index >= 15 is 0 Å². The number of hydrogen-bond acceptors (Lipinski definition) is 8. The van der Waals surface area contributed by atoms with Crippen LogP contribution in [0.25, 0.3) is 0 Å². The lowest BCUT2D eigenvalue weighted by Gasteiger charge is -2.34. The normalized spacial score (nSPS) is 15.9. The lowest BCUT2D eigenvalue weighted by atomic mass is 9.96. The van der Waals surface area contributed by atoms with Crippen molar-refractivity contribution in [3.8, 4) is 5.75 Å². The maximum absolute atomic E-state index is 12.3. The molecule has 7 nitrogen and oxygen atoms in total. The Morgan fingerprint density at radius 2 is 1.84 bits per heavy atom. The predicted molar refractivity (Wildman–Crippen MR) is 128 cm³/mol. The summed E-state index contributed by atoms with van der Waals surface area (Å²) in [4.78, 5) is 27.3. The van der Waals surface area contributed by atoms with Crippen molar-refractivity contribution in [3.63, 3.8) is 0 Å². The molecule has 0 saturated heterocycles. The zero-order valence-electron chi connectivity index (χ0n) is 17.4. The van der Waals surface area contributed by atoms with Crippen LogP contribution >= 0.6 is 23.5 Å². The molecule has 1 aliphatic rings. The Bertz CT molecular complexity index is 1210. The quantitative estimate of drug-likeness (QED) is 0.291. The first-order valence-electron chi connectivity index (χ1n) is 9.81. The van der Waals surface area contributed by atoms with Crippen LogP contribution in [0.3, 0.4) is 0 Å². The van der Waals surface area contributed by atoms with Crippen molar-refractivity contribution < 1.29 is 5.11 Å². The first-order valence-corrected chi connectivity index (χ1v) is 11.0. The Morgan fingerprint density at radius 3 is 2.58 bits per heavy atom. The van der Waals surface area contributed by atoms with Gasteiger partial charge in [0.2, 0.25) is 0 Å². The molecule has 1 aliphatic heterocycles. The fourth-order valence-electron chi connectivity index (χ4n) is 3.75. The first kappa shape index (κ1) is 21.5. The standard InChI is InChI=1S/C22H23ClN4O3S/c1-26(2)31-22-13(23)8-9-15(19(22)28)25-18-17(20(29)21(18)30)24-14-10-11-27(3)16-7-5-4-6-12(14)16/h4-9,14,24-25,28H,10-11H2,1-3H3. The number of halogens is 1. The van der Waals surface area contributed by atoms with Gasteiger partial charge in [0.25, 0.3) is 10.9 Å². The van der Waals surface area contributed by atoms with Gasteiger partial charge in [-0.3, -0.25) is 13.9 Å². The Morgan fingerprint density at radius 1 is 1.13 bits per heavy atom. The molecule has 31 heavy (non-hydrogen) atoms. The number of phenolic OH excluding ortho intramolecular Hbond substituents is 1. The molecule has 0 spiro atoms. The molecule has 0 aliphatic carbocycles. The van der Waals surface area contributed by atoms with Crippen molar-refractivity contribution in [3.05, 3.63) is 67.4 Å². The monoisotopic (exact) mass is 458 g/mol. The number of hydrogen-bond donors (Lipinski definition) is 3. The molecule has 0 aromatic heterocycles. The summed E-state index contributed by atoms with van der Waals surface area (Å²) in [7, 11) is 5.70. The highest BCUT2D eigenvalue weighted by Crippen LogP contribution is 2.42. The summed E-state index contributed by atoms with van der Waals surface area (Å²) in [6.07, 6.45) is 0.793. The first-order chi connectivity index (χ1) is 14.8. The molecule has 162 valence electrons. The molecule has 1 heterocycles. The van der Waals surface area contributed by atoms with Crippen LogP contribution in [0.4, 0.5) is 22.7 Å². The number of phenols is 1. The largest absolute Gasteiger partial charge is 0.505 e. The zero-order chi connectivity index (χ0) is 22.3. The van der Waals surface area contributed by atoms with Gasteiger partial charge in [-0.2, -0.15) is 0 Å². The molecule has 0 saturated carbocycles. The van der Waals surface area contributed by atoms with Crippen LogP contribution in [-0.2, 0) is 0 Å². The van der Waals surface area contributed by atoms with E-state index < -0.39 is 10.9 Å². The highest BCUT2D eigenvalue weighted by molar-refractivity contribution is 7.97. The minimum absolute atomic E-state index is 0.0742. The average molecular weight is 459 g/mol. The second-order valence-electron chi connectivity index (χ2n) is 7.68. The second-order valence-corrected chi connectivity index (χ2v) is 9.40. The van der Waals surface area contributed by atoms with Crippen molar-refractivity contribution >= 4 is 46.3 Å². The molecule has 4 rings (SSSR count). The maximum atomic E-state index is 12.3. The number of aromatic hydroxyl groups is 1. The summed E-state index contributed by atoms with van der Waals surface area (Å²) in [6.45, 7) is 0.829. The van der Waals surface area contributed by atoms with Gasteiger partial charge in [0.1, 0.15) is 11.4 Å². The molecule has 3 N–H and O–H groups in total. The van der Waals surface area contributed by atoms with E-state index in [1.54, 1.807) is 16.4 Å². The number of anilines is 4. The van der Waals surface area contributed by atoms with Crippen LogP contribution in [0.2, 0.25) is 5.02 Å². The van der Waals surface area contributed by atoms with Gasteiger partial charge in [-0.15, -0.1) is 0 Å². The number of rotatable bonds is 6. The van der Waals surface area contributed by atoms with Gasteiger partial charge in [-0.1, -0.05) is 29.8 Å². The third-order valence-corrected chi connectivity index (χ3v) is 6.71. The molecule has 3 aromatic carbocycles. The summed E-state index contributed by atoms with van der Waals surface area (Å²) in [5.74, 6) is -0.0742. The Labute approximate surface area is 189 Å². The van der Waals surface area contributed by atoms with Gasteiger partial charge >= 0.3 is 0 Å². The molecule has 0 radical (unpaired) electrons. The van der Waals surface area contributed by atoms with E-state index in [2.05, 4.69) is 15.5 Å². The summed E-state index contributed by atoms with van der Waals surface area (Å²) < 4.78 is 1.80. The van der Waals surface area contributed by atoms with Crippen molar-refractivity contribution in [1.29, 1.82) is 0 Å². The Kier molecular flexibility index (Phi) is 5.88. The lowest BCUT2D eigenvalue weighted by molar-refractivity contribution is 0.464. The van der Waals surface area contributed by atoms with Crippen LogP contribution in [0.5, 0.6) is 5.75 Å². The smallest absolute Gasteiger partial charge is 0.253 e. The fraction of sp³-hybridized carbons (Fsp3) is 0.273. The van der Waals surface area contributed by atoms with Crippen LogP contribution in [-0.4, -0.2) is 37.1 Å². The van der Waals surface area contributed by atoms with Gasteiger partial charge in [-0.25, -0.2) is 0 Å². The second kappa shape index (κ2) is 8.45. The average Bonchev–Trinajstić information content (AvgIpc) is 2.76. The molecule has 3 aromatic rings. The third kappa shape index (κ3) is 3.98. The van der Waals surface area contributed by atoms with Crippen LogP contribution in [0, 0.1) is 0 Å². The van der Waals surface area contributed by atoms with E-state index in [9.17, 15) is 14.7 Å². The van der Waals surface area contributed by atoms with Crippen LogP contribution < -0.4 is 26.4 Å². The summed E-state index contributed by atoms with van der Waals surface area (Å²) in [5.41, 5.74) is 1.71. The Balaban J connectivity index is 1.63. The minimum Gasteiger partial charge on any atom is -0.505 e. The zero-order valence-corrected chi connectivity index (χ0v) is 19.0. The molecule has 0 fully saturated rings. The summed E-state index contributed by atoms with van der Waals surface area (Å²) in [5, 5.41) is 17.3. The van der Waals surface area contributed by atoms with E-state index in [1.807, 2.05) is 45.4 Å². The molecule has 1 unspecified atom stereocenters. The van der Waals surface area contributed by atoms with E-state index in [0.29, 0.717) is 15.6 Å². The highest BCUT2D eigenvalue weighted by Gasteiger charge is 2.28. The van der Waals surface area contributed by atoms with E-state index in [4.69, 9.17) is 11.6 Å². The maximum Gasteiger partial charge on any atom is 0.253 e. The van der Waals surface area contributed by atoms with Gasteiger partial charge < -0.3 is 20.6 Å². The van der Waals surface area contributed by atoms with E-state index in [-0.39, 0.29) is 23.2 Å². The summed E-state index contributed by atoms with van der Waals surface area (Å²) >= 11 is 7.48. The molecule has 9 heteroatoms. The van der Waals surface area contributed by atoms with Crippen molar-refractivity contribution in [1.82, 2.24) is 4.31 Å². The van der Waals surface area contributed by atoms with Gasteiger partial charge in [0.05, 0.1) is 21.6 Å². The third-order valence-electron chi connectivity index (χ3n) is 5.32. The number of nitrogens with one attached hydrogen (secondary N) is 2. The molecular formula is C22H23ClN4O3S. The fourth-order valence-corrected chi connectivity index (χ4v) is 4.73. The molecule has 0 bridgehead atoms. The molecular weight excluding hydrogens is 436 g/mol.